The highest BCUT2D eigenvalue weighted by Gasteiger charge is 2.44. The van der Waals surface area contributed by atoms with Crippen molar-refractivity contribution in [1.82, 2.24) is 14.7 Å². The largest absolute Gasteiger partial charge is 0.417 e. The number of carbonyl (C=O) groups excluding carboxylic acids is 1. The molecule has 0 aromatic heterocycles. The van der Waals surface area contributed by atoms with E-state index in [4.69, 9.17) is 4.99 Å². The third kappa shape index (κ3) is 6.07. The summed E-state index contributed by atoms with van der Waals surface area (Å²) in [6, 6.07) is 3.69. The van der Waals surface area contributed by atoms with Gasteiger partial charge in [-0.05, 0) is 76.0 Å². The maximum atomic E-state index is 15.3. The minimum atomic E-state index is -4.81. The van der Waals surface area contributed by atoms with Crippen molar-refractivity contribution in [1.29, 1.82) is 0 Å². The minimum absolute atomic E-state index is 0.0480. The molecule has 12 heteroatoms. The van der Waals surface area contributed by atoms with Gasteiger partial charge in [0.2, 0.25) is 5.91 Å². The number of likely N-dealkylation sites (tertiary alicyclic amines) is 1. The Bertz CT molecular complexity index is 1510. The van der Waals surface area contributed by atoms with Crippen molar-refractivity contribution in [2.24, 2.45) is 10.9 Å². The molecule has 4 aliphatic rings. The Morgan fingerprint density at radius 1 is 1.09 bits per heavy atom. The van der Waals surface area contributed by atoms with Gasteiger partial charge < -0.3 is 19.6 Å². The Kier molecular flexibility index (Phi) is 8.91. The highest BCUT2D eigenvalue weighted by atomic mass is 32.2. The normalized spacial score (nSPS) is 22.7. The first kappa shape index (κ1) is 31.8. The van der Waals surface area contributed by atoms with Crippen LogP contribution in [0.1, 0.15) is 44.2 Å². The van der Waals surface area contributed by atoms with Crippen molar-refractivity contribution >= 4 is 29.2 Å². The number of piperazine rings is 1. The van der Waals surface area contributed by atoms with E-state index in [2.05, 4.69) is 23.3 Å². The summed E-state index contributed by atoms with van der Waals surface area (Å²) in [5, 5.41) is 0. The van der Waals surface area contributed by atoms with Crippen LogP contribution in [-0.2, 0) is 11.0 Å². The molecular weight excluding hydrogens is 609 g/mol. The number of thioether (sulfide) groups is 1. The van der Waals surface area contributed by atoms with Crippen molar-refractivity contribution in [3.8, 4) is 11.1 Å². The molecule has 242 valence electrons. The maximum Gasteiger partial charge on any atom is 0.417 e. The number of benzene rings is 2. The second kappa shape index (κ2) is 12.6. The number of anilines is 1. The molecule has 0 N–H and O–H groups in total. The summed E-state index contributed by atoms with van der Waals surface area (Å²) >= 11 is 1.33. The zero-order valence-electron chi connectivity index (χ0n) is 25.5. The third-order valence-corrected chi connectivity index (χ3v) is 10.9. The lowest BCUT2D eigenvalue weighted by Crippen LogP contribution is -2.56. The Labute approximate surface area is 264 Å². The van der Waals surface area contributed by atoms with Gasteiger partial charge in [0.1, 0.15) is 24.1 Å². The van der Waals surface area contributed by atoms with Gasteiger partial charge in [0.25, 0.3) is 0 Å². The van der Waals surface area contributed by atoms with Crippen LogP contribution >= 0.6 is 11.8 Å². The van der Waals surface area contributed by atoms with Crippen LogP contribution < -0.4 is 4.90 Å². The number of carbonyl (C=O) groups is 1. The Morgan fingerprint density at radius 3 is 2.49 bits per heavy atom. The molecule has 4 heterocycles. The van der Waals surface area contributed by atoms with E-state index in [0.29, 0.717) is 59.4 Å². The second-order valence-electron chi connectivity index (χ2n) is 12.3. The molecule has 2 atom stereocenters. The van der Waals surface area contributed by atoms with E-state index in [1.807, 2.05) is 11.8 Å². The molecular formula is C33H38F5N5OS. The van der Waals surface area contributed by atoms with Crippen LogP contribution in [0.4, 0.5) is 27.6 Å². The zero-order valence-corrected chi connectivity index (χ0v) is 26.4. The summed E-state index contributed by atoms with van der Waals surface area (Å²) in [5.41, 5.74) is -0.492. The summed E-state index contributed by atoms with van der Waals surface area (Å²) in [6.07, 6.45) is -0.501. The number of amidine groups is 1. The van der Waals surface area contributed by atoms with Gasteiger partial charge >= 0.3 is 6.18 Å². The molecule has 2 fully saturated rings. The van der Waals surface area contributed by atoms with E-state index in [0.717, 1.165) is 57.1 Å². The predicted octanol–water partition coefficient (Wildman–Crippen LogP) is 6.49. The van der Waals surface area contributed by atoms with E-state index in [1.54, 1.807) is 4.90 Å². The van der Waals surface area contributed by atoms with Gasteiger partial charge in [0.15, 0.2) is 0 Å². The average molecular weight is 648 g/mol. The first-order valence-electron chi connectivity index (χ1n) is 15.6. The molecule has 45 heavy (non-hydrogen) atoms. The molecule has 2 aromatic rings. The van der Waals surface area contributed by atoms with Gasteiger partial charge in [-0.1, -0.05) is 13.5 Å². The average Bonchev–Trinajstić information content (AvgIpc) is 3.02. The molecule has 6 rings (SSSR count). The lowest BCUT2D eigenvalue weighted by molar-refractivity contribution is -0.137. The molecule has 0 saturated carbocycles. The fourth-order valence-electron chi connectivity index (χ4n) is 7.26. The summed E-state index contributed by atoms with van der Waals surface area (Å²) in [4.78, 5) is 25.8. The lowest BCUT2D eigenvalue weighted by atomic mass is 9.88. The Hall–Kier alpha value is -3.12. The maximum absolute atomic E-state index is 15.3. The van der Waals surface area contributed by atoms with E-state index in [9.17, 15) is 22.4 Å². The molecule has 6 nitrogen and oxygen atoms in total. The zero-order chi connectivity index (χ0) is 32.0. The Balaban J connectivity index is 1.46. The fourth-order valence-corrected chi connectivity index (χ4v) is 8.66. The first-order chi connectivity index (χ1) is 21.5. The van der Waals surface area contributed by atoms with Crippen LogP contribution in [-0.4, -0.2) is 90.2 Å². The van der Waals surface area contributed by atoms with E-state index in [-0.39, 0.29) is 35.8 Å². The molecule has 1 amide bonds. The number of hydrogen-bond donors (Lipinski definition) is 0. The van der Waals surface area contributed by atoms with Crippen LogP contribution in [0, 0.1) is 17.6 Å². The number of halogens is 5. The van der Waals surface area contributed by atoms with Gasteiger partial charge in [-0.15, -0.1) is 11.8 Å². The van der Waals surface area contributed by atoms with Gasteiger partial charge in [0.05, 0.1) is 11.3 Å². The molecule has 0 spiro atoms. The second-order valence-corrected chi connectivity index (χ2v) is 13.4. The molecule has 0 bridgehead atoms. The Morgan fingerprint density at radius 2 is 1.84 bits per heavy atom. The number of nitrogens with zero attached hydrogens (tertiary/aromatic N) is 5. The highest BCUT2D eigenvalue weighted by molar-refractivity contribution is 7.99. The molecule has 0 aliphatic carbocycles. The standard InChI is InChI=1S/C33H38F5N5OS/c1-4-28(44)41-12-13-42(20(3)17-41)32-25-16-26(33(36,37)38)29(24-7-6-22(34)15-27(24)35)31-30(25)43(19-39-32)23(18-45-31)14-21-8-10-40(5-2)11-9-21/h4,6-7,15-16,20-21,23H,1,5,8-14,17-19H2,2-3H3/t20-,23-/m0/s1. The number of rotatable bonds is 5. The third-order valence-electron chi connectivity index (χ3n) is 9.67. The lowest BCUT2D eigenvalue weighted by Gasteiger charge is -2.47. The first-order valence-corrected chi connectivity index (χ1v) is 16.6. The molecule has 4 aliphatic heterocycles. The predicted molar refractivity (Wildman–Crippen MR) is 168 cm³/mol. The smallest absolute Gasteiger partial charge is 0.350 e. The van der Waals surface area contributed by atoms with Crippen molar-refractivity contribution in [3.05, 3.63) is 59.7 Å². The summed E-state index contributed by atoms with van der Waals surface area (Å²) in [6.45, 7) is 12.2. The van der Waals surface area contributed by atoms with Gasteiger partial charge in [-0.3, -0.25) is 4.79 Å². The van der Waals surface area contributed by atoms with Crippen molar-refractivity contribution in [2.75, 3.05) is 56.6 Å². The van der Waals surface area contributed by atoms with Crippen LogP contribution in [0.2, 0.25) is 0 Å². The topological polar surface area (TPSA) is 42.4 Å². The van der Waals surface area contributed by atoms with Crippen LogP contribution in [0.15, 0.2) is 46.8 Å². The monoisotopic (exact) mass is 647 g/mol. The van der Waals surface area contributed by atoms with Crippen LogP contribution in [0.25, 0.3) is 11.1 Å². The van der Waals surface area contributed by atoms with E-state index in [1.165, 1.54) is 17.8 Å². The number of piperidine rings is 1. The summed E-state index contributed by atoms with van der Waals surface area (Å²) in [5.74, 6) is -0.583. The number of alkyl halides is 3. The minimum Gasteiger partial charge on any atom is -0.350 e. The van der Waals surface area contributed by atoms with Crippen molar-refractivity contribution in [2.45, 2.75) is 56.3 Å². The molecule has 0 unspecified atom stereocenters. The van der Waals surface area contributed by atoms with Gasteiger partial charge in [-0.25, -0.2) is 13.8 Å². The van der Waals surface area contributed by atoms with E-state index >= 15 is 4.39 Å². The van der Waals surface area contributed by atoms with E-state index < -0.39 is 23.4 Å². The number of amides is 1. The van der Waals surface area contributed by atoms with Crippen LogP contribution in [0.5, 0.6) is 0 Å². The quantitative estimate of drug-likeness (QED) is 0.274. The van der Waals surface area contributed by atoms with Crippen molar-refractivity contribution < 1.29 is 26.7 Å². The summed E-state index contributed by atoms with van der Waals surface area (Å²) < 4.78 is 73.8. The van der Waals surface area contributed by atoms with Crippen molar-refractivity contribution in [3.63, 3.8) is 0 Å². The SMILES string of the molecule is C=CC(=O)N1CCN(C2=NCN3c4c2cc(C(F)(F)F)c(-c2ccc(F)cc2F)c4SC[C@@H]3CC2CCN(CC)CC2)[C@@H](C)C1. The van der Waals surface area contributed by atoms with Gasteiger partial charge in [-0.2, -0.15) is 13.2 Å². The number of aliphatic imine (C=N–C) groups is 1. The van der Waals surface area contributed by atoms with Crippen LogP contribution in [0.3, 0.4) is 0 Å². The van der Waals surface area contributed by atoms with Gasteiger partial charge in [0, 0.05) is 65.1 Å². The fraction of sp³-hybridized carbons (Fsp3) is 0.515. The highest BCUT2D eigenvalue weighted by Crippen LogP contribution is 2.53. The number of hydrogen-bond acceptors (Lipinski definition) is 6. The molecule has 2 aromatic carbocycles. The molecule has 2 saturated heterocycles. The summed E-state index contributed by atoms with van der Waals surface area (Å²) in [7, 11) is 0. The molecule has 0 radical (unpaired) electrons.